The molecule has 1 saturated carbocycles. The standard InChI is InChI=1S/C27H34N6O4/c28-14-17(15-29-18-10-12-32(13-11-18)19-4-1-2-5-19)16-30-21-7-3-6-20-24(21)27(37)33(26(20)36)22-8-9-23(34)31-25(22)35/h3,6-7,14-15,18-19,22,30H,1-2,4-5,8-13,16,28H2,(H,31,34,35)/b17-14+,29-15?. The number of hydrogen-bond acceptors (Lipinski definition) is 8. The summed E-state index contributed by atoms with van der Waals surface area (Å²) >= 11 is 0. The van der Waals surface area contributed by atoms with Crippen LogP contribution in [0.3, 0.4) is 0 Å². The topological polar surface area (TPSA) is 137 Å². The van der Waals surface area contributed by atoms with Gasteiger partial charge in [0.15, 0.2) is 0 Å². The van der Waals surface area contributed by atoms with E-state index in [0.717, 1.165) is 42.4 Å². The number of benzene rings is 1. The summed E-state index contributed by atoms with van der Waals surface area (Å²) in [6.07, 6.45) is 10.9. The smallest absolute Gasteiger partial charge is 0.264 e. The number of likely N-dealkylation sites (tertiary alicyclic amines) is 1. The van der Waals surface area contributed by atoms with Crippen molar-refractivity contribution in [1.82, 2.24) is 15.1 Å². The van der Waals surface area contributed by atoms with Gasteiger partial charge in [0.05, 0.1) is 17.2 Å². The highest BCUT2D eigenvalue weighted by atomic mass is 16.2. The van der Waals surface area contributed by atoms with E-state index < -0.39 is 29.7 Å². The van der Waals surface area contributed by atoms with Gasteiger partial charge in [0.1, 0.15) is 6.04 Å². The van der Waals surface area contributed by atoms with Gasteiger partial charge in [-0.05, 0) is 44.2 Å². The number of aliphatic imine (C=N–C) groups is 1. The van der Waals surface area contributed by atoms with Crippen LogP contribution >= 0.6 is 0 Å². The molecule has 1 unspecified atom stereocenters. The Balaban J connectivity index is 1.20. The summed E-state index contributed by atoms with van der Waals surface area (Å²) < 4.78 is 0. The summed E-state index contributed by atoms with van der Waals surface area (Å²) in [6, 6.07) is 5.02. The van der Waals surface area contributed by atoms with Crippen LogP contribution in [0.2, 0.25) is 0 Å². The summed E-state index contributed by atoms with van der Waals surface area (Å²) in [5.41, 5.74) is 7.59. The highest BCUT2D eigenvalue weighted by Gasteiger charge is 2.45. The maximum atomic E-state index is 13.3. The summed E-state index contributed by atoms with van der Waals surface area (Å²) in [5.74, 6) is -2.10. The monoisotopic (exact) mass is 506 g/mol. The van der Waals surface area contributed by atoms with Crippen LogP contribution in [-0.2, 0) is 9.59 Å². The number of nitrogens with two attached hydrogens (primary N) is 1. The lowest BCUT2D eigenvalue weighted by Crippen LogP contribution is -2.54. The summed E-state index contributed by atoms with van der Waals surface area (Å²) in [7, 11) is 0. The highest BCUT2D eigenvalue weighted by Crippen LogP contribution is 2.32. The zero-order chi connectivity index (χ0) is 25.9. The van der Waals surface area contributed by atoms with Crippen molar-refractivity contribution in [2.75, 3.05) is 25.0 Å². The Kier molecular flexibility index (Phi) is 7.36. The van der Waals surface area contributed by atoms with Crippen molar-refractivity contribution in [3.05, 3.63) is 41.1 Å². The first-order chi connectivity index (χ1) is 18.0. The van der Waals surface area contributed by atoms with Crippen LogP contribution in [0.1, 0.15) is 72.1 Å². The van der Waals surface area contributed by atoms with E-state index in [-0.39, 0.29) is 30.0 Å². The molecule has 4 amide bonds. The molecular formula is C27H34N6O4. The quantitative estimate of drug-likeness (QED) is 0.379. The van der Waals surface area contributed by atoms with Crippen LogP contribution in [0, 0.1) is 0 Å². The number of carbonyl (C=O) groups is 4. The van der Waals surface area contributed by atoms with Crippen LogP contribution in [0.15, 0.2) is 35.0 Å². The number of anilines is 1. The van der Waals surface area contributed by atoms with E-state index in [9.17, 15) is 19.2 Å². The van der Waals surface area contributed by atoms with Crippen LogP contribution in [0.4, 0.5) is 5.69 Å². The maximum absolute atomic E-state index is 13.3. The molecule has 10 nitrogen and oxygen atoms in total. The van der Waals surface area contributed by atoms with E-state index in [1.807, 2.05) is 0 Å². The molecule has 3 fully saturated rings. The van der Waals surface area contributed by atoms with Gasteiger partial charge in [-0.25, -0.2) is 0 Å². The SMILES string of the molecule is N/C=C(\C=NC1CCN(C2CCCC2)CC1)CNc1cccc2c1C(=O)N(C1CCC(=O)NC1=O)C2=O. The second-order valence-corrected chi connectivity index (χ2v) is 10.3. The number of nitrogens with one attached hydrogen (secondary N) is 2. The van der Waals surface area contributed by atoms with Gasteiger partial charge in [-0.15, -0.1) is 0 Å². The zero-order valence-corrected chi connectivity index (χ0v) is 20.9. The fraction of sp³-hybridized carbons (Fsp3) is 0.519. The molecule has 0 spiro atoms. The van der Waals surface area contributed by atoms with Crippen molar-refractivity contribution in [2.45, 2.75) is 69.5 Å². The average Bonchev–Trinajstić information content (AvgIpc) is 3.53. The molecular weight excluding hydrogens is 472 g/mol. The molecule has 4 aliphatic rings. The Morgan fingerprint density at radius 2 is 1.81 bits per heavy atom. The molecule has 1 aromatic carbocycles. The number of rotatable bonds is 7. The summed E-state index contributed by atoms with van der Waals surface area (Å²) in [4.78, 5) is 58.5. The molecule has 1 aliphatic carbocycles. The van der Waals surface area contributed by atoms with E-state index >= 15 is 0 Å². The molecule has 4 N–H and O–H groups in total. The van der Waals surface area contributed by atoms with Gasteiger partial charge >= 0.3 is 0 Å². The summed E-state index contributed by atoms with van der Waals surface area (Å²) in [5, 5.41) is 5.43. The number of fused-ring (bicyclic) bond motifs is 1. The number of imide groups is 2. The maximum Gasteiger partial charge on any atom is 0.264 e. The van der Waals surface area contributed by atoms with E-state index in [1.54, 1.807) is 24.4 Å². The summed E-state index contributed by atoms with van der Waals surface area (Å²) in [6.45, 7) is 2.50. The minimum Gasteiger partial charge on any atom is -0.404 e. The molecule has 0 aromatic heterocycles. The van der Waals surface area contributed by atoms with Crippen LogP contribution < -0.4 is 16.4 Å². The number of hydrogen-bond donors (Lipinski definition) is 3. The first kappa shape index (κ1) is 25.1. The largest absolute Gasteiger partial charge is 0.404 e. The second kappa shape index (κ2) is 10.8. The van der Waals surface area contributed by atoms with Gasteiger partial charge in [0.2, 0.25) is 11.8 Å². The molecule has 10 heteroatoms. The Hall–Kier alpha value is -3.53. The average molecular weight is 507 g/mol. The minimum atomic E-state index is -0.996. The van der Waals surface area contributed by atoms with Gasteiger partial charge in [-0.2, -0.15) is 0 Å². The van der Waals surface area contributed by atoms with Crippen molar-refractivity contribution in [3.8, 4) is 0 Å². The number of nitrogens with zero attached hydrogens (tertiary/aromatic N) is 3. The lowest BCUT2D eigenvalue weighted by molar-refractivity contribution is -0.136. The number of piperidine rings is 2. The first-order valence-electron chi connectivity index (χ1n) is 13.2. The van der Waals surface area contributed by atoms with E-state index in [2.05, 4.69) is 15.5 Å². The van der Waals surface area contributed by atoms with Crippen molar-refractivity contribution >= 4 is 35.5 Å². The Bertz CT molecular complexity index is 1150. The lowest BCUT2D eigenvalue weighted by atomic mass is 10.0. The van der Waals surface area contributed by atoms with Crippen LogP contribution in [-0.4, -0.2) is 77.4 Å². The fourth-order valence-electron chi connectivity index (χ4n) is 5.88. The van der Waals surface area contributed by atoms with Gasteiger partial charge < -0.3 is 16.0 Å². The Morgan fingerprint density at radius 3 is 2.51 bits per heavy atom. The van der Waals surface area contributed by atoms with Crippen molar-refractivity contribution in [2.24, 2.45) is 10.7 Å². The number of carbonyl (C=O) groups excluding carboxylic acids is 4. The number of amides is 4. The second-order valence-electron chi connectivity index (χ2n) is 10.3. The third-order valence-corrected chi connectivity index (χ3v) is 7.96. The molecule has 3 heterocycles. The Labute approximate surface area is 216 Å². The lowest BCUT2D eigenvalue weighted by Gasteiger charge is -2.34. The van der Waals surface area contributed by atoms with E-state index in [1.165, 1.54) is 31.9 Å². The predicted molar refractivity (Wildman–Crippen MR) is 139 cm³/mol. The van der Waals surface area contributed by atoms with Gasteiger partial charge in [-0.3, -0.25) is 34.4 Å². The minimum absolute atomic E-state index is 0.0819. The van der Waals surface area contributed by atoms with Crippen LogP contribution in [0.5, 0.6) is 0 Å². The molecule has 37 heavy (non-hydrogen) atoms. The van der Waals surface area contributed by atoms with Crippen molar-refractivity contribution in [3.63, 3.8) is 0 Å². The van der Waals surface area contributed by atoms with Crippen LogP contribution in [0.25, 0.3) is 0 Å². The fourth-order valence-corrected chi connectivity index (χ4v) is 5.88. The predicted octanol–water partition coefficient (Wildman–Crippen LogP) is 1.82. The Morgan fingerprint density at radius 1 is 1.05 bits per heavy atom. The zero-order valence-electron chi connectivity index (χ0n) is 20.9. The van der Waals surface area contributed by atoms with Crippen molar-refractivity contribution in [1.29, 1.82) is 0 Å². The molecule has 5 rings (SSSR count). The molecule has 0 bridgehead atoms. The molecule has 3 aliphatic heterocycles. The molecule has 1 atom stereocenters. The highest BCUT2D eigenvalue weighted by molar-refractivity contribution is 6.25. The van der Waals surface area contributed by atoms with E-state index in [4.69, 9.17) is 10.7 Å². The van der Waals surface area contributed by atoms with E-state index in [0.29, 0.717) is 12.2 Å². The normalized spacial score (nSPS) is 24.3. The third-order valence-electron chi connectivity index (χ3n) is 7.96. The van der Waals surface area contributed by atoms with Crippen molar-refractivity contribution < 1.29 is 19.2 Å². The van der Waals surface area contributed by atoms with Gasteiger partial charge in [-0.1, -0.05) is 18.9 Å². The molecule has 196 valence electrons. The molecule has 2 saturated heterocycles. The third kappa shape index (κ3) is 5.16. The molecule has 1 aromatic rings. The van der Waals surface area contributed by atoms with Gasteiger partial charge in [0.25, 0.3) is 11.8 Å². The molecule has 0 radical (unpaired) electrons. The first-order valence-corrected chi connectivity index (χ1v) is 13.2. The van der Waals surface area contributed by atoms with Gasteiger partial charge in [0, 0.05) is 55.8 Å².